The van der Waals surface area contributed by atoms with E-state index in [0.29, 0.717) is 31.7 Å². The lowest BCUT2D eigenvalue weighted by Crippen LogP contribution is -2.32. The monoisotopic (exact) mass is 305 g/mol. The number of aliphatic hydroxyl groups is 1. The SMILES string of the molecule is CCC(C)(CO)CCOC(C)(C)CCC(=O)NCCS. The van der Waals surface area contributed by atoms with Crippen LogP contribution >= 0.6 is 12.6 Å². The van der Waals surface area contributed by atoms with Crippen molar-refractivity contribution in [1.82, 2.24) is 5.32 Å². The van der Waals surface area contributed by atoms with Gasteiger partial charge < -0.3 is 15.2 Å². The molecule has 20 heavy (non-hydrogen) atoms. The van der Waals surface area contributed by atoms with Crippen molar-refractivity contribution in [3.63, 3.8) is 0 Å². The van der Waals surface area contributed by atoms with Crippen molar-refractivity contribution in [3.8, 4) is 0 Å². The molecule has 0 aliphatic carbocycles. The first-order valence-electron chi connectivity index (χ1n) is 7.41. The van der Waals surface area contributed by atoms with E-state index in [1.165, 1.54) is 0 Å². The van der Waals surface area contributed by atoms with Crippen LogP contribution in [0, 0.1) is 5.41 Å². The minimum Gasteiger partial charge on any atom is -0.396 e. The van der Waals surface area contributed by atoms with Gasteiger partial charge in [-0.25, -0.2) is 0 Å². The van der Waals surface area contributed by atoms with Gasteiger partial charge in [0.2, 0.25) is 5.91 Å². The highest BCUT2D eigenvalue weighted by atomic mass is 32.1. The maximum absolute atomic E-state index is 11.5. The molecule has 0 bridgehead atoms. The van der Waals surface area contributed by atoms with Crippen molar-refractivity contribution in [2.24, 2.45) is 5.41 Å². The number of thiol groups is 1. The third-order valence-corrected chi connectivity index (χ3v) is 4.05. The highest BCUT2D eigenvalue weighted by Gasteiger charge is 2.24. The Morgan fingerprint density at radius 1 is 1.30 bits per heavy atom. The third-order valence-electron chi connectivity index (χ3n) is 3.82. The number of nitrogens with one attached hydrogen (secondary N) is 1. The molecule has 120 valence electrons. The Bertz CT molecular complexity index is 278. The fourth-order valence-electron chi connectivity index (χ4n) is 1.71. The number of aliphatic hydroxyl groups excluding tert-OH is 1. The van der Waals surface area contributed by atoms with E-state index in [9.17, 15) is 9.90 Å². The van der Waals surface area contributed by atoms with Crippen LogP contribution in [0.15, 0.2) is 0 Å². The minimum absolute atomic E-state index is 0.0458. The second-order valence-corrected chi connectivity index (χ2v) is 6.70. The number of carbonyl (C=O) groups is 1. The molecular weight excluding hydrogens is 274 g/mol. The molecule has 0 fully saturated rings. The molecule has 0 spiro atoms. The highest BCUT2D eigenvalue weighted by Crippen LogP contribution is 2.26. The normalized spacial score (nSPS) is 14.9. The van der Waals surface area contributed by atoms with Crippen LogP contribution in [0.25, 0.3) is 0 Å². The summed E-state index contributed by atoms with van der Waals surface area (Å²) >= 11 is 4.05. The first-order chi connectivity index (χ1) is 9.28. The summed E-state index contributed by atoms with van der Waals surface area (Å²) in [4.78, 5) is 11.5. The van der Waals surface area contributed by atoms with Crippen LogP contribution in [-0.2, 0) is 9.53 Å². The smallest absolute Gasteiger partial charge is 0.220 e. The molecule has 0 saturated heterocycles. The third kappa shape index (κ3) is 8.82. The van der Waals surface area contributed by atoms with Gasteiger partial charge in [0.25, 0.3) is 0 Å². The van der Waals surface area contributed by atoms with Gasteiger partial charge in [-0.2, -0.15) is 12.6 Å². The van der Waals surface area contributed by atoms with Crippen molar-refractivity contribution in [3.05, 3.63) is 0 Å². The molecular formula is C15H31NO3S. The molecule has 0 aromatic rings. The van der Waals surface area contributed by atoms with Gasteiger partial charge in [0, 0.05) is 31.9 Å². The van der Waals surface area contributed by atoms with Gasteiger partial charge in [0.1, 0.15) is 0 Å². The molecule has 5 heteroatoms. The maximum Gasteiger partial charge on any atom is 0.220 e. The van der Waals surface area contributed by atoms with Crippen LogP contribution in [0.5, 0.6) is 0 Å². The number of amides is 1. The predicted octanol–water partition coefficient (Wildman–Crippen LogP) is 2.41. The number of rotatable bonds is 11. The summed E-state index contributed by atoms with van der Waals surface area (Å²) in [5.41, 5.74) is -0.386. The summed E-state index contributed by atoms with van der Waals surface area (Å²) in [5.74, 6) is 0.701. The average Bonchev–Trinajstić information content (AvgIpc) is 2.42. The Morgan fingerprint density at radius 2 is 1.95 bits per heavy atom. The van der Waals surface area contributed by atoms with Gasteiger partial charge in [0.15, 0.2) is 0 Å². The summed E-state index contributed by atoms with van der Waals surface area (Å²) in [7, 11) is 0. The number of hydrogen-bond donors (Lipinski definition) is 3. The Hall–Kier alpha value is -0.260. The number of hydrogen-bond acceptors (Lipinski definition) is 4. The average molecular weight is 305 g/mol. The van der Waals surface area contributed by atoms with E-state index in [-0.39, 0.29) is 23.5 Å². The summed E-state index contributed by atoms with van der Waals surface area (Å²) in [6, 6.07) is 0. The van der Waals surface area contributed by atoms with Gasteiger partial charge in [-0.05, 0) is 38.5 Å². The van der Waals surface area contributed by atoms with E-state index in [4.69, 9.17) is 4.74 Å². The lowest BCUT2D eigenvalue weighted by molar-refractivity contribution is -0.123. The highest BCUT2D eigenvalue weighted by molar-refractivity contribution is 7.80. The fraction of sp³-hybridized carbons (Fsp3) is 0.933. The molecule has 0 aromatic carbocycles. The van der Waals surface area contributed by atoms with Crippen molar-refractivity contribution >= 4 is 18.5 Å². The number of carbonyl (C=O) groups excluding carboxylic acids is 1. The largest absolute Gasteiger partial charge is 0.396 e. The quantitative estimate of drug-likeness (QED) is 0.514. The van der Waals surface area contributed by atoms with Crippen molar-refractivity contribution in [1.29, 1.82) is 0 Å². The zero-order valence-corrected chi connectivity index (χ0v) is 14.3. The van der Waals surface area contributed by atoms with Crippen LogP contribution in [0.3, 0.4) is 0 Å². The van der Waals surface area contributed by atoms with Crippen molar-refractivity contribution < 1.29 is 14.6 Å². The van der Waals surface area contributed by atoms with E-state index >= 15 is 0 Å². The Labute approximate surface area is 129 Å². The van der Waals surface area contributed by atoms with Gasteiger partial charge in [0.05, 0.1) is 5.60 Å². The molecule has 1 amide bonds. The maximum atomic E-state index is 11.5. The lowest BCUT2D eigenvalue weighted by Gasteiger charge is -2.30. The zero-order valence-electron chi connectivity index (χ0n) is 13.4. The molecule has 4 nitrogen and oxygen atoms in total. The number of ether oxygens (including phenoxy) is 1. The molecule has 2 N–H and O–H groups in total. The topological polar surface area (TPSA) is 58.6 Å². The van der Waals surface area contributed by atoms with Crippen molar-refractivity contribution in [2.75, 3.05) is 25.5 Å². The van der Waals surface area contributed by atoms with Gasteiger partial charge in [-0.3, -0.25) is 4.79 Å². The van der Waals surface area contributed by atoms with E-state index in [1.807, 2.05) is 13.8 Å². The van der Waals surface area contributed by atoms with Crippen LogP contribution in [0.1, 0.15) is 53.4 Å². The molecule has 1 unspecified atom stereocenters. The Kier molecular flexibility index (Phi) is 9.51. The fourth-order valence-corrected chi connectivity index (χ4v) is 1.82. The molecule has 0 rings (SSSR count). The van der Waals surface area contributed by atoms with Gasteiger partial charge in [-0.1, -0.05) is 13.8 Å². The Balaban J connectivity index is 3.98. The molecule has 0 heterocycles. The van der Waals surface area contributed by atoms with Crippen LogP contribution in [-0.4, -0.2) is 42.1 Å². The van der Waals surface area contributed by atoms with E-state index in [1.54, 1.807) is 0 Å². The summed E-state index contributed by atoms with van der Waals surface area (Å²) < 4.78 is 5.88. The second kappa shape index (κ2) is 9.64. The molecule has 0 aromatic heterocycles. The van der Waals surface area contributed by atoms with Crippen LogP contribution in [0.2, 0.25) is 0 Å². The molecule has 0 aliphatic heterocycles. The van der Waals surface area contributed by atoms with Crippen molar-refractivity contribution in [2.45, 2.75) is 59.0 Å². The van der Waals surface area contributed by atoms with Crippen LogP contribution < -0.4 is 5.32 Å². The summed E-state index contributed by atoms with van der Waals surface area (Å²) in [6.07, 6.45) is 2.91. The molecule has 0 aliphatic rings. The van der Waals surface area contributed by atoms with E-state index in [2.05, 4.69) is 31.8 Å². The van der Waals surface area contributed by atoms with Crippen LogP contribution in [0.4, 0.5) is 0 Å². The summed E-state index contributed by atoms with van der Waals surface area (Å²) in [5, 5.41) is 12.2. The zero-order chi connectivity index (χ0) is 15.6. The van der Waals surface area contributed by atoms with Gasteiger partial charge in [-0.15, -0.1) is 0 Å². The second-order valence-electron chi connectivity index (χ2n) is 6.25. The Morgan fingerprint density at radius 3 is 2.45 bits per heavy atom. The molecule has 0 saturated carbocycles. The minimum atomic E-state index is -0.317. The molecule has 0 radical (unpaired) electrons. The lowest BCUT2D eigenvalue weighted by atomic mass is 9.85. The first kappa shape index (κ1) is 19.7. The van der Waals surface area contributed by atoms with Gasteiger partial charge >= 0.3 is 0 Å². The molecule has 1 atom stereocenters. The van der Waals surface area contributed by atoms with E-state index in [0.717, 1.165) is 12.8 Å². The standard InChI is InChI=1S/C15H31NO3S/c1-5-15(4,12-17)8-10-19-14(2,3)7-6-13(18)16-9-11-20/h17,20H,5-12H2,1-4H3,(H,16,18). The summed E-state index contributed by atoms with van der Waals surface area (Å²) in [6.45, 7) is 9.54. The van der Waals surface area contributed by atoms with E-state index < -0.39 is 0 Å². The predicted molar refractivity (Wildman–Crippen MR) is 86.2 cm³/mol. The first-order valence-corrected chi connectivity index (χ1v) is 8.04.